The molecule has 6 nitrogen and oxygen atoms in total. The summed E-state index contributed by atoms with van der Waals surface area (Å²) < 4.78 is 27.1. The zero-order chi connectivity index (χ0) is 19.4. The molecule has 0 aromatic heterocycles. The van der Waals surface area contributed by atoms with Crippen LogP contribution >= 0.6 is 11.6 Å². The molecule has 1 amide bonds. The van der Waals surface area contributed by atoms with Crippen molar-refractivity contribution in [3.8, 4) is 0 Å². The van der Waals surface area contributed by atoms with E-state index in [2.05, 4.69) is 17.1 Å². The summed E-state index contributed by atoms with van der Waals surface area (Å²) >= 11 is 6.16. The number of sulfonamides is 1. The molecule has 1 N–H and O–H groups in total. The number of halogens is 1. The number of likely N-dealkylation sites (tertiary alicyclic amines) is 1. The van der Waals surface area contributed by atoms with Crippen LogP contribution in [0.2, 0.25) is 5.02 Å². The van der Waals surface area contributed by atoms with Gasteiger partial charge in [0.05, 0.1) is 5.02 Å². The van der Waals surface area contributed by atoms with Gasteiger partial charge in [-0.3, -0.25) is 4.79 Å². The number of benzene rings is 1. The lowest BCUT2D eigenvalue weighted by Gasteiger charge is -2.32. The normalized spacial score (nSPS) is 20.1. The van der Waals surface area contributed by atoms with Gasteiger partial charge in [0.2, 0.25) is 10.0 Å². The van der Waals surface area contributed by atoms with Gasteiger partial charge in [0, 0.05) is 37.8 Å². The number of carbonyl (C=O) groups excluding carboxylic acids is 1. The van der Waals surface area contributed by atoms with Gasteiger partial charge in [-0.25, -0.2) is 8.42 Å². The lowest BCUT2D eigenvalue weighted by atomic mass is 10.0. The molecular formula is C19H28ClN3O3S. The van der Waals surface area contributed by atoms with Crippen molar-refractivity contribution in [2.24, 2.45) is 0 Å². The van der Waals surface area contributed by atoms with E-state index in [1.54, 1.807) is 6.07 Å². The first-order chi connectivity index (χ1) is 12.9. The molecule has 27 heavy (non-hydrogen) atoms. The van der Waals surface area contributed by atoms with Gasteiger partial charge in [0.25, 0.3) is 5.91 Å². The molecule has 3 rings (SSSR count). The van der Waals surface area contributed by atoms with Gasteiger partial charge < -0.3 is 10.2 Å². The van der Waals surface area contributed by atoms with Gasteiger partial charge in [-0.15, -0.1) is 0 Å². The number of hydrogen-bond donors (Lipinski definition) is 1. The molecule has 0 radical (unpaired) electrons. The molecule has 0 bridgehead atoms. The Hall–Kier alpha value is -1.15. The van der Waals surface area contributed by atoms with Crippen molar-refractivity contribution < 1.29 is 13.2 Å². The first-order valence-electron chi connectivity index (χ1n) is 9.74. The topological polar surface area (TPSA) is 69.7 Å². The van der Waals surface area contributed by atoms with Crippen LogP contribution in [0.1, 0.15) is 49.4 Å². The highest BCUT2D eigenvalue weighted by Crippen LogP contribution is 2.28. The molecular weight excluding hydrogens is 386 g/mol. The monoisotopic (exact) mass is 413 g/mol. The Morgan fingerprint density at radius 2 is 1.85 bits per heavy atom. The second kappa shape index (κ2) is 8.90. The van der Waals surface area contributed by atoms with Crippen LogP contribution in [0.25, 0.3) is 0 Å². The molecule has 2 saturated heterocycles. The third-order valence-corrected chi connectivity index (χ3v) is 7.72. The third kappa shape index (κ3) is 4.83. The molecule has 0 saturated carbocycles. The van der Waals surface area contributed by atoms with Crippen molar-refractivity contribution in [2.75, 3.05) is 32.7 Å². The average molecular weight is 414 g/mol. The minimum atomic E-state index is -3.66. The fourth-order valence-corrected chi connectivity index (χ4v) is 5.81. The van der Waals surface area contributed by atoms with Crippen molar-refractivity contribution in [3.05, 3.63) is 28.8 Å². The first-order valence-corrected chi connectivity index (χ1v) is 11.6. The maximum absolute atomic E-state index is 12.8. The quantitative estimate of drug-likeness (QED) is 0.778. The van der Waals surface area contributed by atoms with Gasteiger partial charge in [-0.2, -0.15) is 4.31 Å². The number of rotatable bonds is 6. The largest absolute Gasteiger partial charge is 0.349 e. The Bertz CT molecular complexity index is 770. The summed E-state index contributed by atoms with van der Waals surface area (Å²) in [7, 11) is -3.66. The second-order valence-electron chi connectivity index (χ2n) is 7.35. The number of nitrogens with one attached hydrogen (secondary N) is 1. The summed E-state index contributed by atoms with van der Waals surface area (Å²) in [4.78, 5) is 15.1. The fraction of sp³-hybridized carbons (Fsp3) is 0.632. The molecule has 2 fully saturated rings. The number of carbonyl (C=O) groups is 1. The summed E-state index contributed by atoms with van der Waals surface area (Å²) in [5.41, 5.74) is 0.341. The van der Waals surface area contributed by atoms with E-state index in [-0.39, 0.29) is 21.9 Å². The van der Waals surface area contributed by atoms with E-state index >= 15 is 0 Å². The summed E-state index contributed by atoms with van der Waals surface area (Å²) in [6.45, 7) is 6.23. The smallest absolute Gasteiger partial charge is 0.251 e. The Balaban J connectivity index is 1.69. The van der Waals surface area contributed by atoms with E-state index in [1.807, 2.05) is 0 Å². The highest BCUT2D eigenvalue weighted by atomic mass is 35.5. The van der Waals surface area contributed by atoms with E-state index in [0.29, 0.717) is 18.7 Å². The lowest BCUT2D eigenvalue weighted by molar-refractivity contribution is 0.0911. The van der Waals surface area contributed by atoms with Crippen molar-refractivity contribution in [1.82, 2.24) is 14.5 Å². The molecule has 0 atom stereocenters. The van der Waals surface area contributed by atoms with Crippen LogP contribution in [0.5, 0.6) is 0 Å². The Kier molecular flexibility index (Phi) is 6.78. The van der Waals surface area contributed by atoms with Crippen LogP contribution in [0.3, 0.4) is 0 Å². The Morgan fingerprint density at radius 3 is 2.48 bits per heavy atom. The van der Waals surface area contributed by atoms with E-state index < -0.39 is 10.0 Å². The fourth-order valence-electron chi connectivity index (χ4n) is 3.80. The van der Waals surface area contributed by atoms with Gasteiger partial charge in [0.15, 0.2) is 0 Å². The highest BCUT2D eigenvalue weighted by Gasteiger charge is 2.30. The summed E-state index contributed by atoms with van der Waals surface area (Å²) in [5.74, 6) is -0.238. The molecule has 150 valence electrons. The number of amides is 1. The molecule has 1 aromatic rings. The van der Waals surface area contributed by atoms with E-state index in [9.17, 15) is 13.2 Å². The number of piperidine rings is 1. The lowest BCUT2D eigenvalue weighted by Crippen LogP contribution is -2.44. The first kappa shape index (κ1) is 20.6. The maximum atomic E-state index is 12.8. The summed E-state index contributed by atoms with van der Waals surface area (Å²) in [5, 5.41) is 3.21. The number of hydrogen-bond acceptors (Lipinski definition) is 4. The molecule has 2 aliphatic heterocycles. The minimum absolute atomic E-state index is 0.0245. The molecule has 1 aromatic carbocycles. The van der Waals surface area contributed by atoms with Crippen LogP contribution in [-0.2, 0) is 10.0 Å². The van der Waals surface area contributed by atoms with Gasteiger partial charge in [-0.05, 0) is 56.8 Å². The zero-order valence-corrected chi connectivity index (χ0v) is 17.4. The SMILES string of the molecule is CCCN1CCC(NC(=O)c2ccc(Cl)c(S(=O)(=O)N3CCCC3)c2)CC1. The van der Waals surface area contributed by atoms with Crippen molar-refractivity contribution >= 4 is 27.5 Å². The summed E-state index contributed by atoms with van der Waals surface area (Å²) in [6, 6.07) is 4.63. The van der Waals surface area contributed by atoms with Crippen molar-refractivity contribution in [3.63, 3.8) is 0 Å². The Labute approximate surface area is 166 Å². The molecule has 2 heterocycles. The molecule has 0 spiro atoms. The van der Waals surface area contributed by atoms with E-state index in [1.165, 1.54) is 16.4 Å². The predicted octanol–water partition coefficient (Wildman–Crippen LogP) is 2.73. The second-order valence-corrected chi connectivity index (χ2v) is 9.66. The highest BCUT2D eigenvalue weighted by molar-refractivity contribution is 7.89. The van der Waals surface area contributed by atoms with Crippen LogP contribution in [0.15, 0.2) is 23.1 Å². The average Bonchev–Trinajstić information content (AvgIpc) is 3.19. The Morgan fingerprint density at radius 1 is 1.19 bits per heavy atom. The van der Waals surface area contributed by atoms with Crippen LogP contribution in [0, 0.1) is 0 Å². The molecule has 0 unspecified atom stereocenters. The molecule has 2 aliphatic rings. The van der Waals surface area contributed by atoms with E-state index in [4.69, 9.17) is 11.6 Å². The molecule has 8 heteroatoms. The van der Waals surface area contributed by atoms with Gasteiger partial charge in [-0.1, -0.05) is 18.5 Å². The number of nitrogens with zero attached hydrogens (tertiary/aromatic N) is 2. The van der Waals surface area contributed by atoms with Crippen molar-refractivity contribution in [2.45, 2.75) is 50.0 Å². The van der Waals surface area contributed by atoms with Crippen LogP contribution < -0.4 is 5.32 Å². The van der Waals surface area contributed by atoms with Crippen molar-refractivity contribution in [1.29, 1.82) is 0 Å². The maximum Gasteiger partial charge on any atom is 0.251 e. The standard InChI is InChI=1S/C19H28ClN3O3S/c1-2-9-22-12-7-16(8-13-22)21-19(24)15-5-6-17(20)18(14-15)27(25,26)23-10-3-4-11-23/h5-6,14,16H,2-4,7-13H2,1H3,(H,21,24). The molecule has 0 aliphatic carbocycles. The zero-order valence-electron chi connectivity index (χ0n) is 15.8. The minimum Gasteiger partial charge on any atom is -0.349 e. The summed E-state index contributed by atoms with van der Waals surface area (Å²) in [6.07, 6.45) is 4.67. The third-order valence-electron chi connectivity index (χ3n) is 5.34. The van der Waals surface area contributed by atoms with E-state index in [0.717, 1.165) is 51.7 Å². The predicted molar refractivity (Wildman–Crippen MR) is 107 cm³/mol. The van der Waals surface area contributed by atoms with Crippen LogP contribution in [0.4, 0.5) is 0 Å². The van der Waals surface area contributed by atoms with Gasteiger partial charge in [0.1, 0.15) is 4.90 Å². The van der Waals surface area contributed by atoms with Gasteiger partial charge >= 0.3 is 0 Å². The van der Waals surface area contributed by atoms with Crippen LogP contribution in [-0.4, -0.2) is 62.3 Å².